The first-order valence-corrected chi connectivity index (χ1v) is 6.07. The Balaban J connectivity index is 3.33. The van der Waals surface area contributed by atoms with Gasteiger partial charge in [-0.05, 0) is 19.1 Å². The van der Waals surface area contributed by atoms with Crippen molar-refractivity contribution in [2.75, 3.05) is 24.8 Å². The van der Waals surface area contributed by atoms with Crippen LogP contribution in [-0.2, 0) is 4.74 Å². The number of nitrogens with two attached hydrogens (primary N) is 1. The minimum atomic E-state index is -0.514. The Hall–Kier alpha value is -1.93. The van der Waals surface area contributed by atoms with Crippen molar-refractivity contribution in [2.24, 2.45) is 0 Å². The Kier molecular flexibility index (Phi) is 5.02. The topological polar surface area (TPSA) is 79.3 Å². The van der Waals surface area contributed by atoms with Crippen LogP contribution in [0.4, 0.5) is 11.4 Å². The van der Waals surface area contributed by atoms with Crippen molar-refractivity contribution in [2.45, 2.75) is 19.4 Å². The number of methoxy groups -OCH3 is 1. The zero-order valence-electron chi connectivity index (χ0n) is 11.1. The first-order valence-electron chi connectivity index (χ1n) is 5.69. The third-order valence-corrected chi connectivity index (χ3v) is 3.18. The lowest BCUT2D eigenvalue weighted by atomic mass is 10.1. The van der Waals surface area contributed by atoms with E-state index in [0.717, 1.165) is 0 Å². The maximum atomic E-state index is 11.8. The Labute approximate surface area is 117 Å². The molecule has 0 aliphatic heterocycles. The number of nitrogen functional groups attached to an aromatic ring is 1. The molecule has 1 aromatic rings. The van der Waals surface area contributed by atoms with E-state index in [0.29, 0.717) is 28.4 Å². The second kappa shape index (κ2) is 6.30. The molecule has 0 aliphatic rings. The van der Waals surface area contributed by atoms with Gasteiger partial charge in [0.25, 0.3) is 0 Å². The maximum absolute atomic E-state index is 11.8. The average molecular weight is 282 g/mol. The van der Waals surface area contributed by atoms with Crippen molar-refractivity contribution in [1.82, 2.24) is 0 Å². The molecule has 102 valence electrons. The van der Waals surface area contributed by atoms with Gasteiger partial charge in [-0.2, -0.15) is 5.26 Å². The Morgan fingerprint density at radius 2 is 2.26 bits per heavy atom. The highest BCUT2D eigenvalue weighted by Gasteiger charge is 2.22. The van der Waals surface area contributed by atoms with Crippen LogP contribution in [0.5, 0.6) is 0 Å². The van der Waals surface area contributed by atoms with E-state index in [9.17, 15) is 4.79 Å². The minimum absolute atomic E-state index is 0.0884. The van der Waals surface area contributed by atoms with Crippen molar-refractivity contribution in [3.8, 4) is 6.07 Å². The van der Waals surface area contributed by atoms with Gasteiger partial charge in [-0.1, -0.05) is 11.6 Å². The molecule has 0 amide bonds. The average Bonchev–Trinajstić information content (AvgIpc) is 2.36. The fraction of sp³-hybridized carbons (Fsp3) is 0.385. The van der Waals surface area contributed by atoms with Gasteiger partial charge < -0.3 is 15.4 Å². The highest BCUT2D eigenvalue weighted by Crippen LogP contribution is 2.33. The molecule has 19 heavy (non-hydrogen) atoms. The number of carbonyl (C=O) groups is 1. The molecule has 6 heteroatoms. The number of rotatable bonds is 4. The molecule has 0 fully saturated rings. The minimum Gasteiger partial charge on any atom is -0.465 e. The number of anilines is 2. The summed E-state index contributed by atoms with van der Waals surface area (Å²) in [7, 11) is 3.06. The summed E-state index contributed by atoms with van der Waals surface area (Å²) >= 11 is 6.16. The second-order valence-electron chi connectivity index (χ2n) is 4.21. The summed E-state index contributed by atoms with van der Waals surface area (Å²) < 4.78 is 4.73. The number of hydrogen-bond donors (Lipinski definition) is 1. The molecule has 2 N–H and O–H groups in total. The molecule has 1 rings (SSSR count). The van der Waals surface area contributed by atoms with E-state index in [1.165, 1.54) is 13.2 Å². The smallest absolute Gasteiger partial charge is 0.340 e. The summed E-state index contributed by atoms with van der Waals surface area (Å²) in [5.74, 6) is -0.514. The van der Waals surface area contributed by atoms with Crippen molar-refractivity contribution in [1.29, 1.82) is 5.26 Å². The van der Waals surface area contributed by atoms with Gasteiger partial charge in [0.05, 0.1) is 35.9 Å². The summed E-state index contributed by atoms with van der Waals surface area (Å²) in [6.45, 7) is 1.87. The zero-order valence-corrected chi connectivity index (χ0v) is 11.9. The Morgan fingerprint density at radius 3 is 2.79 bits per heavy atom. The van der Waals surface area contributed by atoms with Gasteiger partial charge in [0.15, 0.2) is 0 Å². The standard InChI is InChI=1S/C13H16ClN3O2/c1-8(4-5-15)17(2)12-10(13(18)19-3)6-9(16)7-11(12)14/h6-8H,4,16H2,1-3H3. The van der Waals surface area contributed by atoms with E-state index < -0.39 is 5.97 Å². The number of nitrogens with zero attached hydrogens (tertiary/aromatic N) is 2. The van der Waals surface area contributed by atoms with Gasteiger partial charge >= 0.3 is 5.97 Å². The first kappa shape index (κ1) is 15.1. The third kappa shape index (κ3) is 3.30. The molecule has 0 spiro atoms. The van der Waals surface area contributed by atoms with Crippen LogP contribution in [0.3, 0.4) is 0 Å². The molecular formula is C13H16ClN3O2. The summed E-state index contributed by atoms with van der Waals surface area (Å²) in [6.07, 6.45) is 0.317. The molecule has 0 heterocycles. The number of nitriles is 1. The van der Waals surface area contributed by atoms with E-state index in [1.54, 1.807) is 18.0 Å². The summed E-state index contributed by atoms with van der Waals surface area (Å²) in [5, 5.41) is 9.10. The van der Waals surface area contributed by atoms with Gasteiger partial charge in [0.2, 0.25) is 0 Å². The van der Waals surface area contributed by atoms with Crippen molar-refractivity contribution in [3.63, 3.8) is 0 Å². The molecule has 0 saturated carbocycles. The number of hydrogen-bond acceptors (Lipinski definition) is 5. The summed E-state index contributed by atoms with van der Waals surface area (Å²) in [4.78, 5) is 13.6. The van der Waals surface area contributed by atoms with Crippen LogP contribution in [0.2, 0.25) is 5.02 Å². The lowest BCUT2D eigenvalue weighted by Gasteiger charge is -2.28. The van der Waals surface area contributed by atoms with Crippen LogP contribution >= 0.6 is 11.6 Å². The lowest BCUT2D eigenvalue weighted by Crippen LogP contribution is -2.30. The number of halogens is 1. The molecule has 0 saturated heterocycles. The monoisotopic (exact) mass is 281 g/mol. The van der Waals surface area contributed by atoms with Crippen molar-refractivity contribution < 1.29 is 9.53 Å². The van der Waals surface area contributed by atoms with Gasteiger partial charge in [-0.3, -0.25) is 0 Å². The predicted octanol–water partition coefficient (Wildman–Crippen LogP) is 2.45. The third-order valence-electron chi connectivity index (χ3n) is 2.89. The van der Waals surface area contributed by atoms with E-state index in [2.05, 4.69) is 6.07 Å². The quantitative estimate of drug-likeness (QED) is 0.677. The summed E-state index contributed by atoms with van der Waals surface area (Å²) in [6, 6.07) is 5.08. The Morgan fingerprint density at radius 1 is 1.63 bits per heavy atom. The zero-order chi connectivity index (χ0) is 14.6. The van der Waals surface area contributed by atoms with Gasteiger partial charge in [0, 0.05) is 18.8 Å². The van der Waals surface area contributed by atoms with Crippen LogP contribution in [0.1, 0.15) is 23.7 Å². The van der Waals surface area contributed by atoms with Crippen LogP contribution in [0.25, 0.3) is 0 Å². The predicted molar refractivity (Wildman–Crippen MR) is 75.3 cm³/mol. The lowest BCUT2D eigenvalue weighted by molar-refractivity contribution is 0.0601. The van der Waals surface area contributed by atoms with E-state index in [-0.39, 0.29) is 6.04 Å². The number of esters is 1. The molecular weight excluding hydrogens is 266 g/mol. The highest BCUT2D eigenvalue weighted by molar-refractivity contribution is 6.34. The molecule has 1 unspecified atom stereocenters. The number of ether oxygens (including phenoxy) is 1. The van der Waals surface area contributed by atoms with Crippen LogP contribution < -0.4 is 10.6 Å². The number of carbonyl (C=O) groups excluding carboxylic acids is 1. The second-order valence-corrected chi connectivity index (χ2v) is 4.62. The summed E-state index contributed by atoms with van der Waals surface area (Å²) in [5.41, 5.74) is 6.89. The van der Waals surface area contributed by atoms with Gasteiger partial charge in [-0.15, -0.1) is 0 Å². The van der Waals surface area contributed by atoms with Gasteiger partial charge in [-0.25, -0.2) is 4.79 Å². The number of benzene rings is 1. The largest absolute Gasteiger partial charge is 0.465 e. The fourth-order valence-corrected chi connectivity index (χ4v) is 2.09. The van der Waals surface area contributed by atoms with Crippen LogP contribution in [-0.4, -0.2) is 26.2 Å². The molecule has 1 atom stereocenters. The van der Waals surface area contributed by atoms with Crippen LogP contribution in [0, 0.1) is 11.3 Å². The SMILES string of the molecule is COC(=O)c1cc(N)cc(Cl)c1N(C)C(C)CC#N. The molecule has 5 nitrogen and oxygen atoms in total. The van der Waals surface area contributed by atoms with Crippen molar-refractivity contribution in [3.05, 3.63) is 22.7 Å². The van der Waals surface area contributed by atoms with E-state index in [4.69, 9.17) is 27.3 Å². The highest BCUT2D eigenvalue weighted by atomic mass is 35.5. The normalized spacial score (nSPS) is 11.5. The first-order chi connectivity index (χ1) is 8.92. The van der Waals surface area contributed by atoms with E-state index in [1.807, 2.05) is 6.92 Å². The van der Waals surface area contributed by atoms with Gasteiger partial charge in [0.1, 0.15) is 0 Å². The maximum Gasteiger partial charge on any atom is 0.340 e. The molecule has 0 aromatic heterocycles. The van der Waals surface area contributed by atoms with Crippen molar-refractivity contribution >= 4 is 28.9 Å². The van der Waals surface area contributed by atoms with Crippen LogP contribution in [0.15, 0.2) is 12.1 Å². The fourth-order valence-electron chi connectivity index (χ4n) is 1.73. The molecule has 1 aromatic carbocycles. The molecule has 0 bridgehead atoms. The molecule has 0 radical (unpaired) electrons. The molecule has 0 aliphatic carbocycles. The Bertz CT molecular complexity index is 525. The van der Waals surface area contributed by atoms with E-state index >= 15 is 0 Å².